The summed E-state index contributed by atoms with van der Waals surface area (Å²) in [6, 6.07) is 11.1. The summed E-state index contributed by atoms with van der Waals surface area (Å²) >= 11 is 0. The Morgan fingerprint density at radius 1 is 1.19 bits per heavy atom. The standard InChI is InChI=1S/C20H20N4O5S.Na.H/c21-20-16-6-2-1-5-15(16)18(30(25,26)27)10-17(20)24-23-13-7-8-19(22-11-13)29-12-14-4-3-9-28-14;;/h1-2,5-8,10-11,14H,3-4,9,12,21H2,(H,25,26,27);;/b24-23+;;. The van der Waals surface area contributed by atoms with Crippen LogP contribution in [0.4, 0.5) is 17.1 Å². The number of azo groups is 1. The fourth-order valence-corrected chi connectivity index (χ4v) is 3.95. The normalized spacial score (nSPS) is 16.5. The van der Waals surface area contributed by atoms with Gasteiger partial charge >= 0.3 is 29.6 Å². The van der Waals surface area contributed by atoms with E-state index in [0.717, 1.165) is 19.4 Å². The predicted molar refractivity (Wildman–Crippen MR) is 118 cm³/mol. The number of hydrogen-bond donors (Lipinski definition) is 2. The number of aromatic nitrogens is 1. The Morgan fingerprint density at radius 3 is 2.61 bits per heavy atom. The van der Waals surface area contributed by atoms with Gasteiger partial charge in [-0.15, -0.1) is 10.2 Å². The minimum atomic E-state index is -4.47. The molecule has 1 unspecified atom stereocenters. The molecule has 1 atom stereocenters. The van der Waals surface area contributed by atoms with Crippen LogP contribution >= 0.6 is 0 Å². The summed E-state index contributed by atoms with van der Waals surface area (Å²) in [5.74, 6) is 0.448. The second-order valence-electron chi connectivity index (χ2n) is 6.83. The first-order chi connectivity index (χ1) is 14.4. The Labute approximate surface area is 201 Å². The van der Waals surface area contributed by atoms with E-state index in [-0.39, 0.29) is 51.9 Å². The van der Waals surface area contributed by atoms with Crippen molar-refractivity contribution in [2.24, 2.45) is 10.2 Å². The number of pyridine rings is 1. The van der Waals surface area contributed by atoms with Gasteiger partial charge < -0.3 is 15.2 Å². The van der Waals surface area contributed by atoms with Gasteiger partial charge in [-0.25, -0.2) is 4.98 Å². The quantitative estimate of drug-likeness (QED) is 0.253. The molecule has 11 heteroatoms. The molecule has 3 aromatic rings. The van der Waals surface area contributed by atoms with Crippen molar-refractivity contribution >= 4 is 67.5 Å². The summed E-state index contributed by atoms with van der Waals surface area (Å²) in [4.78, 5) is 3.90. The van der Waals surface area contributed by atoms with Crippen LogP contribution in [0.2, 0.25) is 0 Å². The fraction of sp³-hybridized carbons (Fsp3) is 0.250. The average molecular weight is 452 g/mol. The molecule has 1 aliphatic heterocycles. The first-order valence-electron chi connectivity index (χ1n) is 9.33. The molecular weight excluding hydrogens is 431 g/mol. The minimum absolute atomic E-state index is 0. The molecule has 4 rings (SSSR count). The van der Waals surface area contributed by atoms with Gasteiger partial charge in [0.05, 0.1) is 18.0 Å². The number of nitrogen functional groups attached to an aromatic ring is 1. The van der Waals surface area contributed by atoms with E-state index >= 15 is 0 Å². The van der Waals surface area contributed by atoms with Crippen LogP contribution in [0.25, 0.3) is 10.8 Å². The van der Waals surface area contributed by atoms with E-state index in [1.807, 2.05) is 0 Å². The maximum absolute atomic E-state index is 11.8. The van der Waals surface area contributed by atoms with Crippen LogP contribution in [-0.4, -0.2) is 66.8 Å². The van der Waals surface area contributed by atoms with Gasteiger partial charge in [0.1, 0.15) is 22.9 Å². The van der Waals surface area contributed by atoms with Crippen LogP contribution in [0, 0.1) is 0 Å². The van der Waals surface area contributed by atoms with Crippen LogP contribution in [0.15, 0.2) is 63.8 Å². The second-order valence-corrected chi connectivity index (χ2v) is 8.22. The second kappa shape index (κ2) is 10.0. The third-order valence-electron chi connectivity index (χ3n) is 4.74. The Morgan fingerprint density at radius 2 is 1.97 bits per heavy atom. The van der Waals surface area contributed by atoms with Gasteiger partial charge in [-0.2, -0.15) is 8.42 Å². The first kappa shape index (κ1) is 23.6. The summed E-state index contributed by atoms with van der Waals surface area (Å²) in [6.45, 7) is 1.21. The van der Waals surface area contributed by atoms with Crippen LogP contribution < -0.4 is 10.5 Å². The summed E-state index contributed by atoms with van der Waals surface area (Å²) in [7, 11) is -4.47. The van der Waals surface area contributed by atoms with E-state index in [0.29, 0.717) is 28.9 Å². The number of rotatable bonds is 6. The van der Waals surface area contributed by atoms with Gasteiger partial charge in [-0.1, -0.05) is 24.3 Å². The van der Waals surface area contributed by atoms with Gasteiger partial charge in [0, 0.05) is 23.4 Å². The van der Waals surface area contributed by atoms with Crippen molar-refractivity contribution in [3.05, 3.63) is 48.7 Å². The van der Waals surface area contributed by atoms with E-state index in [4.69, 9.17) is 15.2 Å². The zero-order valence-corrected chi connectivity index (χ0v) is 16.7. The molecular formula is C20H21N4NaO5S. The molecule has 0 bridgehead atoms. The number of nitrogens with two attached hydrogens (primary N) is 1. The number of anilines is 1. The molecule has 0 spiro atoms. The van der Waals surface area contributed by atoms with Crippen molar-refractivity contribution in [1.29, 1.82) is 0 Å². The van der Waals surface area contributed by atoms with Crippen LogP contribution in [0.3, 0.4) is 0 Å². The molecule has 1 fully saturated rings. The summed E-state index contributed by atoms with van der Waals surface area (Å²) < 4.78 is 44.3. The van der Waals surface area contributed by atoms with E-state index in [2.05, 4.69) is 15.2 Å². The summed E-state index contributed by atoms with van der Waals surface area (Å²) in [5, 5.41) is 8.90. The monoisotopic (exact) mass is 452 g/mol. The molecule has 1 aromatic heterocycles. The van der Waals surface area contributed by atoms with Crippen molar-refractivity contribution in [2.75, 3.05) is 18.9 Å². The zero-order chi connectivity index (χ0) is 21.1. The topological polar surface area (TPSA) is 136 Å². The summed E-state index contributed by atoms with van der Waals surface area (Å²) in [5.41, 5.74) is 6.95. The van der Waals surface area contributed by atoms with Crippen LogP contribution in [-0.2, 0) is 14.9 Å². The molecule has 0 aliphatic carbocycles. The molecule has 158 valence electrons. The Hall–Kier alpha value is -2.08. The SMILES string of the molecule is Nc1c(/N=N/c2ccc(OCC3CCCO3)nc2)cc(S(=O)(=O)O)c2ccccc12.[NaH]. The molecule has 2 aromatic carbocycles. The van der Waals surface area contributed by atoms with Crippen molar-refractivity contribution in [3.8, 4) is 5.88 Å². The molecule has 0 amide bonds. The Balaban J connectivity index is 0.00000272. The van der Waals surface area contributed by atoms with Gasteiger partial charge in [-0.3, -0.25) is 4.55 Å². The molecule has 0 radical (unpaired) electrons. The first-order valence-corrected chi connectivity index (χ1v) is 10.8. The van der Waals surface area contributed by atoms with Crippen LogP contribution in [0.5, 0.6) is 5.88 Å². The van der Waals surface area contributed by atoms with Crippen molar-refractivity contribution < 1.29 is 22.4 Å². The third-order valence-corrected chi connectivity index (χ3v) is 5.63. The zero-order valence-electron chi connectivity index (χ0n) is 15.9. The average Bonchev–Trinajstić information content (AvgIpc) is 3.25. The van der Waals surface area contributed by atoms with Gasteiger partial charge in [-0.05, 0) is 25.0 Å². The van der Waals surface area contributed by atoms with Crippen molar-refractivity contribution in [1.82, 2.24) is 4.98 Å². The molecule has 2 heterocycles. The number of hydrogen-bond acceptors (Lipinski definition) is 8. The van der Waals surface area contributed by atoms with E-state index in [1.54, 1.807) is 36.4 Å². The molecule has 1 saturated heterocycles. The molecule has 1 aliphatic rings. The van der Waals surface area contributed by atoms with Crippen LogP contribution in [0.1, 0.15) is 12.8 Å². The number of nitrogens with zero attached hydrogens (tertiary/aromatic N) is 3. The predicted octanol–water partition coefficient (Wildman–Crippen LogP) is 3.39. The molecule has 3 N–H and O–H groups in total. The molecule has 0 saturated carbocycles. The van der Waals surface area contributed by atoms with Crippen molar-refractivity contribution in [3.63, 3.8) is 0 Å². The number of fused-ring (bicyclic) bond motifs is 1. The third kappa shape index (κ3) is 5.59. The van der Waals surface area contributed by atoms with Gasteiger partial charge in [0.25, 0.3) is 10.1 Å². The Kier molecular flexibility index (Phi) is 7.63. The van der Waals surface area contributed by atoms with Crippen molar-refractivity contribution in [2.45, 2.75) is 23.8 Å². The van der Waals surface area contributed by atoms with Gasteiger partial charge in [0.15, 0.2) is 0 Å². The maximum atomic E-state index is 11.8. The van der Waals surface area contributed by atoms with E-state index in [9.17, 15) is 13.0 Å². The fourth-order valence-electron chi connectivity index (χ4n) is 3.23. The molecule has 9 nitrogen and oxygen atoms in total. The number of ether oxygens (including phenoxy) is 2. The van der Waals surface area contributed by atoms with E-state index < -0.39 is 10.1 Å². The Bertz CT molecular complexity index is 1200. The number of benzene rings is 2. The van der Waals surface area contributed by atoms with Gasteiger partial charge in [0.2, 0.25) is 5.88 Å². The molecule has 31 heavy (non-hydrogen) atoms. The summed E-state index contributed by atoms with van der Waals surface area (Å²) in [6.07, 6.45) is 3.59. The van der Waals surface area contributed by atoms with E-state index in [1.165, 1.54) is 12.3 Å².